The van der Waals surface area contributed by atoms with Crippen LogP contribution < -0.4 is 10.6 Å². The van der Waals surface area contributed by atoms with E-state index >= 15 is 0 Å². The van der Waals surface area contributed by atoms with Gasteiger partial charge < -0.3 is 10.6 Å². The molecule has 0 aliphatic heterocycles. The zero-order valence-electron chi connectivity index (χ0n) is 9.18. The summed E-state index contributed by atoms with van der Waals surface area (Å²) in [6.45, 7) is 4.27. The van der Waals surface area contributed by atoms with E-state index in [1.165, 1.54) is 0 Å². The van der Waals surface area contributed by atoms with Gasteiger partial charge in [-0.3, -0.25) is 0 Å². The van der Waals surface area contributed by atoms with Crippen molar-refractivity contribution < 1.29 is 4.63 Å². The number of aromatic nitrogens is 4. The van der Waals surface area contributed by atoms with Crippen molar-refractivity contribution in [3.8, 4) is 0 Å². The van der Waals surface area contributed by atoms with Gasteiger partial charge in [0.15, 0.2) is 11.6 Å². The first-order valence-electron chi connectivity index (χ1n) is 5.48. The lowest BCUT2D eigenvalue weighted by molar-refractivity contribution is 0.314. The number of rotatable bonds is 5. The summed E-state index contributed by atoms with van der Waals surface area (Å²) in [5.74, 6) is 1.34. The quantitative estimate of drug-likeness (QED) is 0.748. The number of fused-ring (bicyclic) bond motifs is 1. The van der Waals surface area contributed by atoms with Gasteiger partial charge in [-0.1, -0.05) is 6.08 Å². The number of nitrogens with one attached hydrogen (secondary N) is 2. The highest BCUT2D eigenvalue weighted by Crippen LogP contribution is 2.27. The molecule has 7 heteroatoms. The second-order valence-electron chi connectivity index (χ2n) is 3.92. The molecule has 7 nitrogen and oxygen atoms in total. The highest BCUT2D eigenvalue weighted by molar-refractivity contribution is 5.73. The van der Waals surface area contributed by atoms with E-state index in [0.717, 1.165) is 12.8 Å². The summed E-state index contributed by atoms with van der Waals surface area (Å²) in [5.41, 5.74) is 0.815. The van der Waals surface area contributed by atoms with Crippen molar-refractivity contribution in [2.45, 2.75) is 18.9 Å². The summed E-state index contributed by atoms with van der Waals surface area (Å²) >= 11 is 0. The molecular formula is C10H12N6O. The molecule has 0 saturated heterocycles. The predicted octanol–water partition coefficient (Wildman–Crippen LogP) is 1.18. The van der Waals surface area contributed by atoms with Gasteiger partial charge in [0, 0.05) is 12.6 Å². The summed E-state index contributed by atoms with van der Waals surface area (Å²) in [5, 5.41) is 13.8. The minimum atomic E-state index is 0.401. The van der Waals surface area contributed by atoms with Crippen LogP contribution in [0.15, 0.2) is 17.3 Å². The minimum Gasteiger partial charge on any atom is -0.364 e. The Morgan fingerprint density at radius 3 is 2.59 bits per heavy atom. The standard InChI is InChI=1S/C10H12N6O/c1-2-5-11-7-8(12-6-3-4-6)14-10-9(13-7)15-17-16-10/h2,6H,1,3-5H2,(H,11,13,15)(H,12,14,16). The topological polar surface area (TPSA) is 88.8 Å². The van der Waals surface area contributed by atoms with Gasteiger partial charge >= 0.3 is 0 Å². The molecule has 17 heavy (non-hydrogen) atoms. The van der Waals surface area contributed by atoms with Gasteiger partial charge in [-0.25, -0.2) is 14.6 Å². The zero-order chi connectivity index (χ0) is 11.7. The highest BCUT2D eigenvalue weighted by Gasteiger charge is 2.23. The molecular weight excluding hydrogens is 220 g/mol. The smallest absolute Gasteiger partial charge is 0.245 e. The Morgan fingerprint density at radius 2 is 1.94 bits per heavy atom. The van der Waals surface area contributed by atoms with Crippen molar-refractivity contribution in [1.29, 1.82) is 0 Å². The molecule has 1 fully saturated rings. The molecule has 1 aliphatic rings. The predicted molar refractivity (Wildman–Crippen MR) is 62.7 cm³/mol. The fourth-order valence-corrected chi connectivity index (χ4v) is 1.45. The normalized spacial score (nSPS) is 14.8. The molecule has 0 amide bonds. The number of hydrogen-bond donors (Lipinski definition) is 2. The van der Waals surface area contributed by atoms with E-state index in [0.29, 0.717) is 35.5 Å². The Morgan fingerprint density at radius 1 is 1.24 bits per heavy atom. The van der Waals surface area contributed by atoms with Crippen LogP contribution in [0.4, 0.5) is 11.6 Å². The summed E-state index contributed by atoms with van der Waals surface area (Å²) in [6, 6.07) is 0.492. The lowest BCUT2D eigenvalue weighted by atomic mass is 10.5. The lowest BCUT2D eigenvalue weighted by Gasteiger charge is -2.09. The summed E-state index contributed by atoms with van der Waals surface area (Å²) < 4.78 is 4.60. The van der Waals surface area contributed by atoms with Crippen molar-refractivity contribution in [3.63, 3.8) is 0 Å². The molecule has 0 spiro atoms. The van der Waals surface area contributed by atoms with E-state index in [1.54, 1.807) is 6.08 Å². The third kappa shape index (κ3) is 2.03. The second kappa shape index (κ2) is 4.00. The number of anilines is 2. The molecule has 1 aliphatic carbocycles. The van der Waals surface area contributed by atoms with Crippen molar-refractivity contribution in [2.24, 2.45) is 0 Å². The molecule has 0 aromatic carbocycles. The average molecular weight is 232 g/mol. The second-order valence-corrected chi connectivity index (χ2v) is 3.92. The van der Waals surface area contributed by atoms with Gasteiger partial charge in [-0.15, -0.1) is 6.58 Å². The first-order chi connectivity index (χ1) is 8.36. The van der Waals surface area contributed by atoms with Crippen LogP contribution >= 0.6 is 0 Å². The largest absolute Gasteiger partial charge is 0.364 e. The van der Waals surface area contributed by atoms with Crippen molar-refractivity contribution in [1.82, 2.24) is 20.3 Å². The third-order valence-corrected chi connectivity index (χ3v) is 2.45. The van der Waals surface area contributed by atoms with Crippen LogP contribution in [0.1, 0.15) is 12.8 Å². The van der Waals surface area contributed by atoms with Crippen LogP contribution in [0.2, 0.25) is 0 Å². The molecule has 3 rings (SSSR count). The maximum Gasteiger partial charge on any atom is 0.245 e. The summed E-state index contributed by atoms with van der Waals surface area (Å²) in [4.78, 5) is 8.63. The van der Waals surface area contributed by atoms with E-state index in [-0.39, 0.29) is 0 Å². The van der Waals surface area contributed by atoms with Crippen LogP contribution in [-0.4, -0.2) is 32.9 Å². The zero-order valence-corrected chi connectivity index (χ0v) is 9.18. The molecule has 88 valence electrons. The molecule has 0 bridgehead atoms. The van der Waals surface area contributed by atoms with E-state index in [4.69, 9.17) is 0 Å². The van der Waals surface area contributed by atoms with Crippen LogP contribution in [0.3, 0.4) is 0 Å². The van der Waals surface area contributed by atoms with Gasteiger partial charge in [0.25, 0.3) is 0 Å². The molecule has 2 heterocycles. The average Bonchev–Trinajstić information content (AvgIpc) is 3.03. The number of hydrogen-bond acceptors (Lipinski definition) is 7. The Hall–Kier alpha value is -2.18. The van der Waals surface area contributed by atoms with Crippen LogP contribution in [0.25, 0.3) is 11.3 Å². The van der Waals surface area contributed by atoms with E-state index in [1.807, 2.05) is 0 Å². The Labute approximate surface area is 97.3 Å². The van der Waals surface area contributed by atoms with Gasteiger partial charge in [0.2, 0.25) is 11.3 Å². The summed E-state index contributed by atoms with van der Waals surface area (Å²) in [6.07, 6.45) is 4.09. The van der Waals surface area contributed by atoms with Crippen LogP contribution in [-0.2, 0) is 0 Å². The molecule has 0 atom stereocenters. The van der Waals surface area contributed by atoms with Crippen molar-refractivity contribution in [2.75, 3.05) is 17.2 Å². The Kier molecular flexibility index (Phi) is 2.36. The van der Waals surface area contributed by atoms with Gasteiger partial charge in [-0.05, 0) is 23.2 Å². The molecule has 2 aromatic rings. The molecule has 2 N–H and O–H groups in total. The molecule has 0 radical (unpaired) electrons. The lowest BCUT2D eigenvalue weighted by Crippen LogP contribution is -2.10. The third-order valence-electron chi connectivity index (χ3n) is 2.45. The first-order valence-corrected chi connectivity index (χ1v) is 5.48. The SMILES string of the molecule is C=CCNc1nc2nonc2nc1NC1CC1. The fraction of sp³-hybridized carbons (Fsp3) is 0.400. The monoisotopic (exact) mass is 232 g/mol. The Bertz CT molecular complexity index is 547. The molecule has 0 unspecified atom stereocenters. The fourth-order valence-electron chi connectivity index (χ4n) is 1.45. The summed E-state index contributed by atoms with van der Waals surface area (Å²) in [7, 11) is 0. The van der Waals surface area contributed by atoms with Crippen LogP contribution in [0.5, 0.6) is 0 Å². The van der Waals surface area contributed by atoms with E-state index in [9.17, 15) is 0 Å². The van der Waals surface area contributed by atoms with Gasteiger partial charge in [0.05, 0.1) is 0 Å². The van der Waals surface area contributed by atoms with E-state index in [2.05, 4.69) is 42.1 Å². The molecule has 2 aromatic heterocycles. The van der Waals surface area contributed by atoms with Gasteiger partial charge in [0.1, 0.15) is 0 Å². The first kappa shape index (κ1) is 10.0. The van der Waals surface area contributed by atoms with Crippen LogP contribution in [0, 0.1) is 0 Å². The minimum absolute atomic E-state index is 0.401. The van der Waals surface area contributed by atoms with Crippen molar-refractivity contribution >= 4 is 22.9 Å². The van der Waals surface area contributed by atoms with E-state index < -0.39 is 0 Å². The maximum atomic E-state index is 4.60. The number of nitrogens with zero attached hydrogens (tertiary/aromatic N) is 4. The molecule has 1 saturated carbocycles. The Balaban J connectivity index is 1.96. The highest BCUT2D eigenvalue weighted by atomic mass is 16.6. The maximum absolute atomic E-state index is 4.60. The van der Waals surface area contributed by atoms with Gasteiger partial charge in [-0.2, -0.15) is 0 Å². The van der Waals surface area contributed by atoms with Crippen molar-refractivity contribution in [3.05, 3.63) is 12.7 Å².